The van der Waals surface area contributed by atoms with Gasteiger partial charge in [0.05, 0.1) is 20.8 Å². The maximum Gasteiger partial charge on any atom is 0.322 e. The SMILES string of the molecule is COc1cc(CN2CCN(CC(=O)NCC(=O)O)CC2)cc(OC)c1. The van der Waals surface area contributed by atoms with Gasteiger partial charge in [-0.1, -0.05) is 0 Å². The maximum absolute atomic E-state index is 11.7. The van der Waals surface area contributed by atoms with Gasteiger partial charge in [-0.3, -0.25) is 19.4 Å². The standard InChI is InChI=1S/C17H25N3O5/c1-24-14-7-13(8-15(9-14)25-2)11-19-3-5-20(6-4-19)12-16(21)18-10-17(22)23/h7-9H,3-6,10-12H2,1-2H3,(H,18,21)(H,22,23). The molecule has 1 heterocycles. The molecule has 0 aromatic heterocycles. The Morgan fingerprint density at radius 3 is 2.12 bits per heavy atom. The topological polar surface area (TPSA) is 91.3 Å². The van der Waals surface area contributed by atoms with Crippen molar-refractivity contribution in [3.05, 3.63) is 23.8 Å². The molecule has 1 aliphatic rings. The first kappa shape index (κ1) is 19.0. The molecule has 0 saturated carbocycles. The Hall–Kier alpha value is -2.32. The molecular weight excluding hydrogens is 326 g/mol. The number of carboxylic acid groups (broad SMARTS) is 1. The third-order valence-corrected chi connectivity index (χ3v) is 4.09. The van der Waals surface area contributed by atoms with Crippen LogP contribution >= 0.6 is 0 Å². The van der Waals surface area contributed by atoms with E-state index in [0.29, 0.717) is 0 Å². The zero-order valence-corrected chi connectivity index (χ0v) is 14.7. The summed E-state index contributed by atoms with van der Waals surface area (Å²) in [6, 6.07) is 5.83. The molecule has 1 amide bonds. The number of hydrogen-bond donors (Lipinski definition) is 2. The van der Waals surface area contributed by atoms with Crippen LogP contribution in [0.25, 0.3) is 0 Å². The van der Waals surface area contributed by atoms with Gasteiger partial charge in [0.1, 0.15) is 18.0 Å². The minimum absolute atomic E-state index is 0.230. The van der Waals surface area contributed by atoms with Crippen molar-refractivity contribution in [2.75, 3.05) is 53.5 Å². The lowest BCUT2D eigenvalue weighted by Gasteiger charge is -2.34. The van der Waals surface area contributed by atoms with E-state index in [0.717, 1.165) is 49.8 Å². The number of methoxy groups -OCH3 is 2. The van der Waals surface area contributed by atoms with E-state index < -0.39 is 5.97 Å². The minimum atomic E-state index is -1.04. The van der Waals surface area contributed by atoms with Crippen molar-refractivity contribution >= 4 is 11.9 Å². The minimum Gasteiger partial charge on any atom is -0.497 e. The second-order valence-electron chi connectivity index (χ2n) is 5.94. The van der Waals surface area contributed by atoms with Gasteiger partial charge in [-0.05, 0) is 17.7 Å². The molecule has 1 aliphatic heterocycles. The Kier molecular flexibility index (Phi) is 7.03. The molecule has 1 saturated heterocycles. The number of nitrogens with zero attached hydrogens (tertiary/aromatic N) is 2. The van der Waals surface area contributed by atoms with Crippen molar-refractivity contribution in [1.29, 1.82) is 0 Å². The normalized spacial score (nSPS) is 15.6. The average Bonchev–Trinajstić information content (AvgIpc) is 2.61. The predicted molar refractivity (Wildman–Crippen MR) is 91.9 cm³/mol. The van der Waals surface area contributed by atoms with E-state index in [9.17, 15) is 9.59 Å². The lowest BCUT2D eigenvalue weighted by molar-refractivity contribution is -0.138. The molecule has 25 heavy (non-hydrogen) atoms. The first-order valence-corrected chi connectivity index (χ1v) is 8.15. The molecule has 0 spiro atoms. The Morgan fingerprint density at radius 2 is 1.60 bits per heavy atom. The van der Waals surface area contributed by atoms with Crippen molar-refractivity contribution < 1.29 is 24.2 Å². The van der Waals surface area contributed by atoms with E-state index in [-0.39, 0.29) is 19.0 Å². The lowest BCUT2D eigenvalue weighted by Crippen LogP contribution is -2.49. The molecule has 0 unspecified atom stereocenters. The molecule has 0 bridgehead atoms. The monoisotopic (exact) mass is 351 g/mol. The number of piperazine rings is 1. The number of nitrogens with one attached hydrogen (secondary N) is 1. The molecule has 1 aromatic carbocycles. The fourth-order valence-corrected chi connectivity index (χ4v) is 2.75. The summed E-state index contributed by atoms with van der Waals surface area (Å²) in [4.78, 5) is 26.5. The van der Waals surface area contributed by atoms with Gasteiger partial charge in [0.15, 0.2) is 0 Å². The molecule has 0 radical (unpaired) electrons. The largest absolute Gasteiger partial charge is 0.497 e. The maximum atomic E-state index is 11.7. The van der Waals surface area contributed by atoms with Crippen LogP contribution in [0.3, 0.4) is 0 Å². The zero-order chi connectivity index (χ0) is 18.2. The molecule has 0 aliphatic carbocycles. The molecule has 0 atom stereocenters. The fraction of sp³-hybridized carbons (Fsp3) is 0.529. The summed E-state index contributed by atoms with van der Waals surface area (Å²) in [7, 11) is 3.26. The second-order valence-corrected chi connectivity index (χ2v) is 5.94. The van der Waals surface area contributed by atoms with Crippen LogP contribution in [-0.2, 0) is 16.1 Å². The van der Waals surface area contributed by atoms with Crippen molar-refractivity contribution in [3.63, 3.8) is 0 Å². The highest BCUT2D eigenvalue weighted by Gasteiger charge is 2.19. The highest BCUT2D eigenvalue weighted by atomic mass is 16.5. The van der Waals surface area contributed by atoms with Crippen LogP contribution < -0.4 is 14.8 Å². The van der Waals surface area contributed by atoms with E-state index in [2.05, 4.69) is 10.2 Å². The van der Waals surface area contributed by atoms with Crippen LogP contribution in [0.15, 0.2) is 18.2 Å². The van der Waals surface area contributed by atoms with E-state index in [1.165, 1.54) is 0 Å². The van der Waals surface area contributed by atoms with Gasteiger partial charge in [-0.15, -0.1) is 0 Å². The van der Waals surface area contributed by atoms with Gasteiger partial charge in [0.25, 0.3) is 0 Å². The van der Waals surface area contributed by atoms with Gasteiger partial charge in [0.2, 0.25) is 5.91 Å². The quantitative estimate of drug-likeness (QED) is 0.682. The van der Waals surface area contributed by atoms with E-state index >= 15 is 0 Å². The number of carbonyl (C=O) groups is 2. The zero-order valence-electron chi connectivity index (χ0n) is 14.7. The number of hydrogen-bond acceptors (Lipinski definition) is 6. The fourth-order valence-electron chi connectivity index (χ4n) is 2.75. The van der Waals surface area contributed by atoms with Crippen molar-refractivity contribution in [2.45, 2.75) is 6.54 Å². The third-order valence-electron chi connectivity index (χ3n) is 4.09. The van der Waals surface area contributed by atoms with Gasteiger partial charge >= 0.3 is 5.97 Å². The first-order valence-electron chi connectivity index (χ1n) is 8.15. The Morgan fingerprint density at radius 1 is 1.04 bits per heavy atom. The molecular formula is C17H25N3O5. The Bertz CT molecular complexity index is 578. The number of benzene rings is 1. The summed E-state index contributed by atoms with van der Waals surface area (Å²) < 4.78 is 10.6. The molecule has 1 aromatic rings. The number of ether oxygens (including phenoxy) is 2. The summed E-state index contributed by atoms with van der Waals surface area (Å²) in [5, 5.41) is 10.9. The van der Waals surface area contributed by atoms with Crippen LogP contribution in [0, 0.1) is 0 Å². The predicted octanol–water partition coefficient (Wildman–Crippen LogP) is 0.0222. The third kappa shape index (κ3) is 6.24. The Labute approximate surface area is 147 Å². The summed E-state index contributed by atoms with van der Waals surface area (Å²) in [6.07, 6.45) is 0. The molecule has 2 N–H and O–H groups in total. The van der Waals surface area contributed by atoms with Crippen LogP contribution in [0.4, 0.5) is 0 Å². The molecule has 8 heteroatoms. The number of rotatable bonds is 8. The van der Waals surface area contributed by atoms with Crippen LogP contribution in [0.2, 0.25) is 0 Å². The summed E-state index contributed by atoms with van der Waals surface area (Å²) in [5.74, 6) is 0.242. The molecule has 2 rings (SSSR count). The van der Waals surface area contributed by atoms with E-state index in [1.54, 1.807) is 14.2 Å². The highest BCUT2D eigenvalue weighted by Crippen LogP contribution is 2.23. The number of carbonyl (C=O) groups excluding carboxylic acids is 1. The second kappa shape index (κ2) is 9.24. The van der Waals surface area contributed by atoms with Gasteiger partial charge in [-0.2, -0.15) is 0 Å². The van der Waals surface area contributed by atoms with Crippen LogP contribution in [-0.4, -0.2) is 80.3 Å². The smallest absolute Gasteiger partial charge is 0.322 e. The van der Waals surface area contributed by atoms with Crippen molar-refractivity contribution in [1.82, 2.24) is 15.1 Å². The summed E-state index contributed by atoms with van der Waals surface area (Å²) in [6.45, 7) is 3.89. The highest BCUT2D eigenvalue weighted by molar-refractivity contribution is 5.82. The van der Waals surface area contributed by atoms with Crippen molar-refractivity contribution in [2.24, 2.45) is 0 Å². The lowest BCUT2D eigenvalue weighted by atomic mass is 10.1. The first-order chi connectivity index (χ1) is 12.0. The van der Waals surface area contributed by atoms with E-state index in [1.807, 2.05) is 23.1 Å². The summed E-state index contributed by atoms with van der Waals surface area (Å²) >= 11 is 0. The number of carboxylic acids is 1. The van der Waals surface area contributed by atoms with Gasteiger partial charge < -0.3 is 19.9 Å². The number of amides is 1. The summed E-state index contributed by atoms with van der Waals surface area (Å²) in [5.41, 5.74) is 1.11. The average molecular weight is 351 g/mol. The molecule has 8 nitrogen and oxygen atoms in total. The van der Waals surface area contributed by atoms with Gasteiger partial charge in [0, 0.05) is 38.8 Å². The van der Waals surface area contributed by atoms with Gasteiger partial charge in [-0.25, -0.2) is 0 Å². The van der Waals surface area contributed by atoms with Crippen LogP contribution in [0.1, 0.15) is 5.56 Å². The van der Waals surface area contributed by atoms with E-state index in [4.69, 9.17) is 14.6 Å². The molecule has 138 valence electrons. The van der Waals surface area contributed by atoms with Crippen molar-refractivity contribution in [3.8, 4) is 11.5 Å². The molecule has 1 fully saturated rings. The number of aliphatic carboxylic acids is 1. The van der Waals surface area contributed by atoms with Crippen LogP contribution in [0.5, 0.6) is 11.5 Å². The Balaban J connectivity index is 1.80.